The van der Waals surface area contributed by atoms with Crippen molar-refractivity contribution in [1.82, 2.24) is 14.8 Å². The molecule has 1 saturated heterocycles. The second-order valence-corrected chi connectivity index (χ2v) is 7.49. The van der Waals surface area contributed by atoms with E-state index in [4.69, 9.17) is 12.2 Å². The number of carbonyl (C=O) groups is 1. The summed E-state index contributed by atoms with van der Waals surface area (Å²) in [6.07, 6.45) is 4.10. The maximum Gasteiger partial charge on any atom is 0.164 e. The first-order chi connectivity index (χ1) is 13.7. The van der Waals surface area contributed by atoms with Gasteiger partial charge in [-0.25, -0.2) is 0 Å². The van der Waals surface area contributed by atoms with Crippen LogP contribution in [0.25, 0.3) is 10.8 Å². The number of hydrogen-bond donors (Lipinski definition) is 0. The summed E-state index contributed by atoms with van der Waals surface area (Å²) < 4.78 is 0. The van der Waals surface area contributed by atoms with Crippen LogP contribution in [-0.4, -0.2) is 58.3 Å². The van der Waals surface area contributed by atoms with Gasteiger partial charge in [0.1, 0.15) is 4.99 Å². The van der Waals surface area contributed by atoms with Gasteiger partial charge < -0.3 is 4.90 Å². The topological polar surface area (TPSA) is 36.4 Å². The fraction of sp³-hybridized carbons (Fsp3) is 0.261. The Morgan fingerprint density at radius 1 is 0.893 bits per heavy atom. The highest BCUT2D eigenvalue weighted by atomic mass is 32.1. The maximum absolute atomic E-state index is 12.6. The summed E-state index contributed by atoms with van der Waals surface area (Å²) in [5.74, 6) is 0.209. The molecule has 1 fully saturated rings. The number of hydrogen-bond acceptors (Lipinski definition) is 4. The minimum Gasteiger partial charge on any atom is -0.360 e. The molecule has 2 aromatic carbocycles. The molecule has 0 N–H and O–H groups in total. The van der Waals surface area contributed by atoms with E-state index in [0.29, 0.717) is 6.42 Å². The van der Waals surface area contributed by atoms with Gasteiger partial charge in [0.15, 0.2) is 5.78 Å². The fourth-order valence-electron chi connectivity index (χ4n) is 3.62. The minimum atomic E-state index is 0.209. The van der Waals surface area contributed by atoms with Crippen LogP contribution >= 0.6 is 12.2 Å². The average Bonchev–Trinajstić information content (AvgIpc) is 2.77. The molecule has 0 aliphatic carbocycles. The van der Waals surface area contributed by atoms with Gasteiger partial charge in [0.2, 0.25) is 0 Å². The smallest absolute Gasteiger partial charge is 0.164 e. The third kappa shape index (κ3) is 4.26. The molecule has 3 aromatic rings. The number of fused-ring (bicyclic) bond motifs is 1. The van der Waals surface area contributed by atoms with Crippen molar-refractivity contribution < 1.29 is 4.79 Å². The first-order valence-electron chi connectivity index (χ1n) is 9.64. The third-order valence-corrected chi connectivity index (χ3v) is 5.81. The van der Waals surface area contributed by atoms with Gasteiger partial charge in [-0.05, 0) is 29.0 Å². The molecule has 0 atom stereocenters. The first kappa shape index (κ1) is 18.7. The van der Waals surface area contributed by atoms with Gasteiger partial charge in [-0.15, -0.1) is 0 Å². The predicted octanol–water partition coefficient (Wildman–Crippen LogP) is 3.80. The SMILES string of the molecule is O=C(CCN1CCN(C(=S)c2ccncc2)CC1)c1ccc2ccccc2c1. The lowest BCUT2D eigenvalue weighted by atomic mass is 10.0. The molecular formula is C23H23N3OS. The number of benzene rings is 2. The first-order valence-corrected chi connectivity index (χ1v) is 10.1. The highest BCUT2D eigenvalue weighted by Gasteiger charge is 2.20. The number of carbonyl (C=O) groups excluding carboxylic acids is 1. The molecule has 2 heterocycles. The van der Waals surface area contributed by atoms with Crippen molar-refractivity contribution in [2.75, 3.05) is 32.7 Å². The zero-order valence-electron chi connectivity index (χ0n) is 15.8. The molecule has 1 aliphatic rings. The summed E-state index contributed by atoms with van der Waals surface area (Å²) in [5, 5.41) is 2.28. The molecule has 0 saturated carbocycles. The van der Waals surface area contributed by atoms with Crippen LogP contribution in [0.15, 0.2) is 67.0 Å². The predicted molar refractivity (Wildman–Crippen MR) is 117 cm³/mol. The number of ketones is 1. The van der Waals surface area contributed by atoms with Crippen LogP contribution in [0.5, 0.6) is 0 Å². The number of aromatic nitrogens is 1. The zero-order chi connectivity index (χ0) is 19.3. The van der Waals surface area contributed by atoms with Crippen LogP contribution in [0, 0.1) is 0 Å². The van der Waals surface area contributed by atoms with Crippen LogP contribution in [0.1, 0.15) is 22.3 Å². The van der Waals surface area contributed by atoms with E-state index in [1.165, 1.54) is 5.39 Å². The van der Waals surface area contributed by atoms with Gasteiger partial charge in [0.25, 0.3) is 0 Å². The lowest BCUT2D eigenvalue weighted by Crippen LogP contribution is -2.48. The van der Waals surface area contributed by atoms with E-state index < -0.39 is 0 Å². The van der Waals surface area contributed by atoms with E-state index in [9.17, 15) is 4.79 Å². The van der Waals surface area contributed by atoms with Crippen LogP contribution in [0.4, 0.5) is 0 Å². The second kappa shape index (κ2) is 8.59. The van der Waals surface area contributed by atoms with E-state index in [1.807, 2.05) is 42.5 Å². The second-order valence-electron chi connectivity index (χ2n) is 7.10. The summed E-state index contributed by atoms with van der Waals surface area (Å²) >= 11 is 5.61. The standard InChI is InChI=1S/C23H23N3OS/c27-22(21-6-5-18-3-1-2-4-20(18)17-21)9-12-25-13-15-26(16-14-25)23(28)19-7-10-24-11-8-19/h1-8,10-11,17H,9,12-16H2. The Morgan fingerprint density at radius 3 is 2.36 bits per heavy atom. The molecule has 0 radical (unpaired) electrons. The highest BCUT2D eigenvalue weighted by Crippen LogP contribution is 2.17. The number of piperazine rings is 1. The lowest BCUT2D eigenvalue weighted by Gasteiger charge is -2.36. The number of thiocarbonyl (C=S) groups is 1. The Hall–Kier alpha value is -2.63. The quantitative estimate of drug-likeness (QED) is 0.490. The Labute approximate surface area is 170 Å². The Kier molecular flexibility index (Phi) is 5.74. The summed E-state index contributed by atoms with van der Waals surface area (Å²) in [5.41, 5.74) is 1.85. The van der Waals surface area contributed by atoms with E-state index in [2.05, 4.69) is 26.9 Å². The van der Waals surface area contributed by atoms with Crippen LogP contribution < -0.4 is 0 Å². The van der Waals surface area contributed by atoms with E-state index in [-0.39, 0.29) is 5.78 Å². The van der Waals surface area contributed by atoms with Crippen molar-refractivity contribution in [3.8, 4) is 0 Å². The number of pyridine rings is 1. The van der Waals surface area contributed by atoms with Crippen LogP contribution in [0.2, 0.25) is 0 Å². The average molecular weight is 390 g/mol. The van der Waals surface area contributed by atoms with Gasteiger partial charge in [-0.2, -0.15) is 0 Å². The van der Waals surface area contributed by atoms with Crippen LogP contribution in [-0.2, 0) is 0 Å². The van der Waals surface area contributed by atoms with E-state index in [1.54, 1.807) is 12.4 Å². The molecule has 142 valence electrons. The molecule has 0 unspecified atom stereocenters. The number of nitrogens with zero attached hydrogens (tertiary/aromatic N) is 3. The zero-order valence-corrected chi connectivity index (χ0v) is 16.6. The van der Waals surface area contributed by atoms with Crippen molar-refractivity contribution in [2.45, 2.75) is 6.42 Å². The van der Waals surface area contributed by atoms with Crippen LogP contribution in [0.3, 0.4) is 0 Å². The van der Waals surface area contributed by atoms with Crippen molar-refractivity contribution >= 4 is 33.8 Å². The normalized spacial score (nSPS) is 14.9. The molecule has 0 spiro atoms. The summed E-state index contributed by atoms with van der Waals surface area (Å²) in [4.78, 5) is 22.2. The third-order valence-electron chi connectivity index (χ3n) is 5.31. The van der Waals surface area contributed by atoms with Crippen molar-refractivity contribution in [2.24, 2.45) is 0 Å². The molecule has 0 bridgehead atoms. The molecule has 4 nitrogen and oxygen atoms in total. The largest absolute Gasteiger partial charge is 0.360 e. The van der Waals surface area contributed by atoms with Gasteiger partial charge >= 0.3 is 0 Å². The van der Waals surface area contributed by atoms with E-state index >= 15 is 0 Å². The highest BCUT2D eigenvalue weighted by molar-refractivity contribution is 7.80. The summed E-state index contributed by atoms with van der Waals surface area (Å²) in [7, 11) is 0. The number of Topliss-reactive ketones (excluding diaryl/α,β-unsaturated/α-hetero) is 1. The molecular weight excluding hydrogens is 366 g/mol. The molecule has 4 rings (SSSR count). The summed E-state index contributed by atoms with van der Waals surface area (Å²) in [6, 6.07) is 18.0. The molecule has 5 heteroatoms. The van der Waals surface area contributed by atoms with Gasteiger partial charge in [0.05, 0.1) is 0 Å². The molecule has 28 heavy (non-hydrogen) atoms. The van der Waals surface area contributed by atoms with Gasteiger partial charge in [-0.1, -0.05) is 48.6 Å². The monoisotopic (exact) mass is 389 g/mol. The van der Waals surface area contributed by atoms with Crippen molar-refractivity contribution in [3.05, 3.63) is 78.1 Å². The Bertz CT molecular complexity index is 981. The lowest BCUT2D eigenvalue weighted by molar-refractivity contribution is 0.0951. The van der Waals surface area contributed by atoms with Gasteiger partial charge in [0, 0.05) is 62.7 Å². The molecule has 0 amide bonds. The Morgan fingerprint density at radius 2 is 1.61 bits per heavy atom. The molecule has 1 aliphatic heterocycles. The number of rotatable bonds is 5. The Balaban J connectivity index is 1.29. The van der Waals surface area contributed by atoms with E-state index in [0.717, 1.165) is 54.2 Å². The fourth-order valence-corrected chi connectivity index (χ4v) is 3.94. The summed E-state index contributed by atoms with van der Waals surface area (Å²) in [6.45, 7) is 4.44. The maximum atomic E-state index is 12.6. The van der Waals surface area contributed by atoms with Crippen molar-refractivity contribution in [3.63, 3.8) is 0 Å². The van der Waals surface area contributed by atoms with Crippen molar-refractivity contribution in [1.29, 1.82) is 0 Å². The minimum absolute atomic E-state index is 0.209. The molecule has 1 aromatic heterocycles. The van der Waals surface area contributed by atoms with Gasteiger partial charge in [-0.3, -0.25) is 14.7 Å².